The summed E-state index contributed by atoms with van der Waals surface area (Å²) in [5.74, 6) is -1.50. The normalized spacial score (nSPS) is 10.4. The number of ether oxygens (including phenoxy) is 1. The van der Waals surface area contributed by atoms with Crippen LogP contribution in [0, 0.1) is 5.95 Å². The van der Waals surface area contributed by atoms with Crippen LogP contribution in [0.3, 0.4) is 0 Å². The van der Waals surface area contributed by atoms with E-state index in [0.29, 0.717) is 0 Å². The fourth-order valence-corrected chi connectivity index (χ4v) is 0.907. The van der Waals surface area contributed by atoms with Gasteiger partial charge in [0.1, 0.15) is 17.0 Å². The Morgan fingerprint density at radius 3 is 2.64 bits per heavy atom. The van der Waals surface area contributed by atoms with Gasteiger partial charge in [-0.1, -0.05) is 0 Å². The molecule has 0 saturated heterocycles. The first-order valence-electron chi connectivity index (χ1n) is 3.58. The number of nitrogens with zero attached hydrogens (tertiary/aromatic N) is 1. The van der Waals surface area contributed by atoms with Crippen LogP contribution < -0.4 is 4.74 Å². The Balaban J connectivity index is 3.31. The molecule has 0 bridgehead atoms. The quantitative estimate of drug-likeness (QED) is 0.559. The first-order chi connectivity index (χ1) is 6.60. The number of aldehydes is 1. The zero-order chi connectivity index (χ0) is 10.7. The molecule has 76 valence electrons. The van der Waals surface area contributed by atoms with Gasteiger partial charge in [-0.05, 0) is 0 Å². The van der Waals surface area contributed by atoms with E-state index < -0.39 is 23.6 Å². The molecule has 6 heteroatoms. The predicted octanol–water partition coefficient (Wildman–Crippen LogP) is 1.98. The average molecular weight is 205 g/mol. The summed E-state index contributed by atoms with van der Waals surface area (Å²) in [7, 11) is 1.15. The van der Waals surface area contributed by atoms with Crippen LogP contribution >= 0.6 is 0 Å². The van der Waals surface area contributed by atoms with E-state index in [4.69, 9.17) is 0 Å². The third kappa shape index (κ3) is 1.84. The molecule has 0 aliphatic heterocycles. The monoisotopic (exact) mass is 205 g/mol. The lowest BCUT2D eigenvalue weighted by Crippen LogP contribution is -2.02. The van der Waals surface area contributed by atoms with Crippen molar-refractivity contribution < 1.29 is 22.7 Å². The van der Waals surface area contributed by atoms with E-state index in [0.717, 1.165) is 13.2 Å². The van der Waals surface area contributed by atoms with Crippen LogP contribution in [0.1, 0.15) is 22.5 Å². The molecule has 0 N–H and O–H groups in total. The van der Waals surface area contributed by atoms with Gasteiger partial charge in [0.15, 0.2) is 6.29 Å². The molecule has 0 aliphatic rings. The molecule has 0 amide bonds. The van der Waals surface area contributed by atoms with E-state index in [2.05, 4.69) is 9.72 Å². The van der Waals surface area contributed by atoms with Crippen molar-refractivity contribution in [1.29, 1.82) is 0 Å². The predicted molar refractivity (Wildman–Crippen MR) is 41.1 cm³/mol. The Kier molecular flexibility index (Phi) is 3.06. The number of hydrogen-bond acceptors (Lipinski definition) is 3. The van der Waals surface area contributed by atoms with Crippen molar-refractivity contribution in [2.24, 2.45) is 0 Å². The highest BCUT2D eigenvalue weighted by molar-refractivity contribution is 5.79. The summed E-state index contributed by atoms with van der Waals surface area (Å²) in [5, 5.41) is 0. The third-order valence-corrected chi connectivity index (χ3v) is 1.56. The SMILES string of the molecule is COc1cc(C(F)F)nc(F)c1C=O. The summed E-state index contributed by atoms with van der Waals surface area (Å²) in [5.41, 5.74) is -1.22. The van der Waals surface area contributed by atoms with E-state index in [-0.39, 0.29) is 12.0 Å². The van der Waals surface area contributed by atoms with Gasteiger partial charge in [-0.3, -0.25) is 4.79 Å². The molecule has 0 spiro atoms. The van der Waals surface area contributed by atoms with Crippen molar-refractivity contribution in [3.05, 3.63) is 23.3 Å². The Bertz CT molecular complexity index is 355. The number of hydrogen-bond donors (Lipinski definition) is 0. The first kappa shape index (κ1) is 10.5. The van der Waals surface area contributed by atoms with E-state index in [1.54, 1.807) is 0 Å². The zero-order valence-electron chi connectivity index (χ0n) is 7.13. The summed E-state index contributed by atoms with van der Waals surface area (Å²) in [6, 6.07) is 0.831. The number of carbonyl (C=O) groups is 1. The average Bonchev–Trinajstić information content (AvgIpc) is 2.16. The second kappa shape index (κ2) is 4.08. The minimum absolute atomic E-state index is 0.163. The number of alkyl halides is 2. The Morgan fingerprint density at radius 1 is 1.57 bits per heavy atom. The maximum absolute atomic E-state index is 12.9. The van der Waals surface area contributed by atoms with Gasteiger partial charge in [-0.2, -0.15) is 4.39 Å². The number of carbonyl (C=O) groups excluding carboxylic acids is 1. The maximum Gasteiger partial charge on any atom is 0.280 e. The molecule has 0 atom stereocenters. The van der Waals surface area contributed by atoms with Crippen molar-refractivity contribution in [2.75, 3.05) is 7.11 Å². The highest BCUT2D eigenvalue weighted by atomic mass is 19.3. The van der Waals surface area contributed by atoms with Crippen molar-refractivity contribution in [2.45, 2.75) is 6.43 Å². The van der Waals surface area contributed by atoms with Gasteiger partial charge in [-0.25, -0.2) is 13.8 Å². The van der Waals surface area contributed by atoms with Crippen LogP contribution in [-0.4, -0.2) is 18.4 Å². The first-order valence-corrected chi connectivity index (χ1v) is 3.58. The molecular formula is C8H6F3NO2. The van der Waals surface area contributed by atoms with Gasteiger partial charge >= 0.3 is 0 Å². The molecular weight excluding hydrogens is 199 g/mol. The summed E-state index contributed by atoms with van der Waals surface area (Å²) in [4.78, 5) is 13.3. The molecule has 1 aromatic rings. The van der Waals surface area contributed by atoms with Crippen LogP contribution in [0.2, 0.25) is 0 Å². The standard InChI is InChI=1S/C8H6F3NO2/c1-14-6-2-5(7(9)10)12-8(11)4(6)3-13/h2-3,7H,1H3. The summed E-state index contributed by atoms with van der Waals surface area (Å²) in [6.07, 6.45) is -2.74. The minimum atomic E-state index is -2.90. The van der Waals surface area contributed by atoms with Gasteiger partial charge in [0.2, 0.25) is 5.95 Å². The summed E-state index contributed by atoms with van der Waals surface area (Å²) in [6.45, 7) is 0. The van der Waals surface area contributed by atoms with Crippen molar-refractivity contribution in [1.82, 2.24) is 4.98 Å². The number of methoxy groups -OCH3 is 1. The molecule has 14 heavy (non-hydrogen) atoms. The Morgan fingerprint density at radius 2 is 2.21 bits per heavy atom. The molecule has 1 aromatic heterocycles. The largest absolute Gasteiger partial charge is 0.496 e. The Labute approximate surface area is 77.5 Å². The van der Waals surface area contributed by atoms with Gasteiger partial charge in [-0.15, -0.1) is 0 Å². The molecule has 0 saturated carbocycles. The van der Waals surface area contributed by atoms with E-state index >= 15 is 0 Å². The number of aromatic nitrogens is 1. The third-order valence-electron chi connectivity index (χ3n) is 1.56. The molecule has 0 aliphatic carbocycles. The van der Waals surface area contributed by atoms with Crippen LogP contribution in [-0.2, 0) is 0 Å². The molecule has 1 heterocycles. The highest BCUT2D eigenvalue weighted by Gasteiger charge is 2.17. The molecule has 0 fully saturated rings. The minimum Gasteiger partial charge on any atom is -0.496 e. The molecule has 0 radical (unpaired) electrons. The number of pyridine rings is 1. The molecule has 0 unspecified atom stereocenters. The summed E-state index contributed by atoms with van der Waals surface area (Å²) < 4.78 is 41.7. The number of rotatable bonds is 3. The smallest absolute Gasteiger partial charge is 0.280 e. The lowest BCUT2D eigenvalue weighted by atomic mass is 10.2. The lowest BCUT2D eigenvalue weighted by Gasteiger charge is -2.06. The molecule has 3 nitrogen and oxygen atoms in total. The van der Waals surface area contributed by atoms with E-state index in [9.17, 15) is 18.0 Å². The topological polar surface area (TPSA) is 39.2 Å². The van der Waals surface area contributed by atoms with Crippen LogP contribution in [0.25, 0.3) is 0 Å². The fourth-order valence-electron chi connectivity index (χ4n) is 0.907. The van der Waals surface area contributed by atoms with E-state index in [1.165, 1.54) is 0 Å². The highest BCUT2D eigenvalue weighted by Crippen LogP contribution is 2.25. The summed E-state index contributed by atoms with van der Waals surface area (Å²) >= 11 is 0. The maximum atomic E-state index is 12.9. The van der Waals surface area contributed by atoms with Crippen LogP contribution in [0.4, 0.5) is 13.2 Å². The van der Waals surface area contributed by atoms with Gasteiger partial charge in [0, 0.05) is 6.07 Å². The molecule has 0 aromatic carbocycles. The van der Waals surface area contributed by atoms with Crippen molar-refractivity contribution in [3.8, 4) is 5.75 Å². The van der Waals surface area contributed by atoms with Crippen molar-refractivity contribution in [3.63, 3.8) is 0 Å². The van der Waals surface area contributed by atoms with Crippen LogP contribution in [0.15, 0.2) is 6.07 Å². The van der Waals surface area contributed by atoms with Crippen LogP contribution in [0.5, 0.6) is 5.75 Å². The molecule has 1 rings (SSSR count). The second-order valence-electron chi connectivity index (χ2n) is 2.37. The van der Waals surface area contributed by atoms with E-state index in [1.807, 2.05) is 0 Å². The van der Waals surface area contributed by atoms with Crippen molar-refractivity contribution >= 4 is 6.29 Å². The zero-order valence-corrected chi connectivity index (χ0v) is 7.13. The Hall–Kier alpha value is -1.59. The number of halogens is 3. The fraction of sp³-hybridized carbons (Fsp3) is 0.250. The van der Waals surface area contributed by atoms with Gasteiger partial charge < -0.3 is 4.74 Å². The second-order valence-corrected chi connectivity index (χ2v) is 2.37. The lowest BCUT2D eigenvalue weighted by molar-refractivity contribution is 0.111. The van der Waals surface area contributed by atoms with Gasteiger partial charge in [0.05, 0.1) is 7.11 Å². The van der Waals surface area contributed by atoms with Gasteiger partial charge in [0.25, 0.3) is 6.43 Å².